The summed E-state index contributed by atoms with van der Waals surface area (Å²) in [7, 11) is 1.34. The molecule has 0 aliphatic heterocycles. The molecule has 2 rings (SSSR count). The van der Waals surface area contributed by atoms with Crippen molar-refractivity contribution in [2.45, 2.75) is 6.61 Å². The van der Waals surface area contributed by atoms with E-state index < -0.39 is 12.4 Å². The number of ether oxygens (including phenoxy) is 2. The molecule has 4 nitrogen and oxygen atoms in total. The highest BCUT2D eigenvalue weighted by Crippen LogP contribution is 2.39. The van der Waals surface area contributed by atoms with Gasteiger partial charge in [-0.05, 0) is 12.1 Å². The summed E-state index contributed by atoms with van der Waals surface area (Å²) >= 11 is 11.9. The second kappa shape index (κ2) is 7.14. The van der Waals surface area contributed by atoms with Crippen LogP contribution in [0, 0.1) is 5.82 Å². The van der Waals surface area contributed by atoms with Gasteiger partial charge >= 0.3 is 6.61 Å². The number of alkyl halides is 2. The Morgan fingerprint density at radius 1 is 1.39 bits per heavy atom. The molecule has 0 atom stereocenters. The van der Waals surface area contributed by atoms with Gasteiger partial charge in [0.1, 0.15) is 28.9 Å². The van der Waals surface area contributed by atoms with Gasteiger partial charge in [-0.3, -0.25) is 0 Å². The second-order valence-corrected chi connectivity index (χ2v) is 5.12. The largest absolute Gasteiger partial charge is 0.488 e. The highest BCUT2D eigenvalue weighted by atomic mass is 35.5. The first-order valence-corrected chi connectivity index (χ1v) is 7.01. The predicted molar refractivity (Wildman–Crippen MR) is 80.9 cm³/mol. The molecule has 1 aromatic carbocycles. The van der Waals surface area contributed by atoms with Gasteiger partial charge in [0.05, 0.1) is 5.02 Å². The van der Waals surface area contributed by atoms with Gasteiger partial charge in [-0.2, -0.15) is 13.9 Å². The van der Waals surface area contributed by atoms with Crippen molar-refractivity contribution in [3.05, 3.63) is 40.7 Å². The van der Waals surface area contributed by atoms with Crippen LogP contribution in [-0.2, 0) is 7.05 Å². The summed E-state index contributed by atoms with van der Waals surface area (Å²) in [5, 5.41) is 3.71. The minimum Gasteiger partial charge on any atom is -0.488 e. The standard InChI is InChI=1S/C14H11Cl2F3N2O2/c1-3-4-22-10-5-7(9(17)6-8(10)15)12-11(16)13(21(2)20-12)23-14(18)19/h3,5-6,14H,1,4H2,2H3. The van der Waals surface area contributed by atoms with E-state index >= 15 is 0 Å². The summed E-state index contributed by atoms with van der Waals surface area (Å²) in [5.41, 5.74) is -0.124. The highest BCUT2D eigenvalue weighted by molar-refractivity contribution is 6.34. The van der Waals surface area contributed by atoms with Gasteiger partial charge in [0.2, 0.25) is 5.88 Å². The van der Waals surface area contributed by atoms with E-state index in [0.717, 1.165) is 10.7 Å². The van der Waals surface area contributed by atoms with Crippen LogP contribution in [0.3, 0.4) is 0 Å². The van der Waals surface area contributed by atoms with Crippen molar-refractivity contribution < 1.29 is 22.6 Å². The first-order chi connectivity index (χ1) is 10.8. The molecule has 124 valence electrons. The van der Waals surface area contributed by atoms with E-state index in [-0.39, 0.29) is 39.5 Å². The summed E-state index contributed by atoms with van der Waals surface area (Å²) in [4.78, 5) is 0. The molecule has 0 aliphatic carbocycles. The molecule has 0 bridgehead atoms. The summed E-state index contributed by atoms with van der Waals surface area (Å²) < 4.78 is 49.5. The fourth-order valence-corrected chi connectivity index (χ4v) is 2.35. The zero-order valence-electron chi connectivity index (χ0n) is 11.8. The van der Waals surface area contributed by atoms with Crippen molar-refractivity contribution in [2.75, 3.05) is 6.61 Å². The Bertz CT molecular complexity index is 735. The minimum atomic E-state index is -3.09. The summed E-state index contributed by atoms with van der Waals surface area (Å²) in [5.74, 6) is -0.926. The fourth-order valence-electron chi connectivity index (χ4n) is 1.84. The zero-order valence-corrected chi connectivity index (χ0v) is 13.3. The fraction of sp³-hybridized carbons (Fsp3) is 0.214. The molecule has 23 heavy (non-hydrogen) atoms. The molecule has 1 aromatic heterocycles. The van der Waals surface area contributed by atoms with Gasteiger partial charge in [0.15, 0.2) is 0 Å². The van der Waals surface area contributed by atoms with Crippen molar-refractivity contribution in [3.63, 3.8) is 0 Å². The van der Waals surface area contributed by atoms with Crippen LogP contribution in [0.15, 0.2) is 24.8 Å². The number of aryl methyl sites for hydroxylation is 1. The highest BCUT2D eigenvalue weighted by Gasteiger charge is 2.23. The van der Waals surface area contributed by atoms with Crippen LogP contribution in [-0.4, -0.2) is 23.0 Å². The predicted octanol–water partition coefficient (Wildman–Crippen LogP) is 4.70. The van der Waals surface area contributed by atoms with E-state index in [0.29, 0.717) is 0 Å². The maximum atomic E-state index is 14.2. The topological polar surface area (TPSA) is 36.3 Å². The lowest BCUT2D eigenvalue weighted by molar-refractivity contribution is -0.0552. The molecule has 9 heteroatoms. The number of halogens is 5. The lowest BCUT2D eigenvalue weighted by atomic mass is 10.1. The Labute approximate surface area is 140 Å². The van der Waals surface area contributed by atoms with E-state index in [1.165, 1.54) is 19.2 Å². The monoisotopic (exact) mass is 366 g/mol. The van der Waals surface area contributed by atoms with Crippen molar-refractivity contribution >= 4 is 23.2 Å². The number of nitrogens with zero attached hydrogens (tertiary/aromatic N) is 2. The van der Waals surface area contributed by atoms with Gasteiger partial charge in [-0.1, -0.05) is 35.9 Å². The third-order valence-electron chi connectivity index (χ3n) is 2.77. The number of rotatable bonds is 6. The van der Waals surface area contributed by atoms with E-state index in [4.69, 9.17) is 27.9 Å². The lowest BCUT2D eigenvalue weighted by Gasteiger charge is -2.09. The van der Waals surface area contributed by atoms with Crippen molar-refractivity contribution in [1.29, 1.82) is 0 Å². The first-order valence-electron chi connectivity index (χ1n) is 6.25. The SMILES string of the molecule is C=CCOc1cc(-c2nn(C)c(OC(F)F)c2Cl)c(F)cc1Cl. The Morgan fingerprint density at radius 2 is 2.09 bits per heavy atom. The van der Waals surface area contributed by atoms with E-state index in [2.05, 4.69) is 16.4 Å². The molecule has 0 unspecified atom stereocenters. The van der Waals surface area contributed by atoms with Crippen LogP contribution in [0.5, 0.6) is 11.6 Å². The maximum absolute atomic E-state index is 14.2. The molecule has 0 aliphatic rings. The molecular formula is C14H11Cl2F3N2O2. The maximum Gasteiger partial charge on any atom is 0.388 e. The number of benzene rings is 1. The third-order valence-corrected chi connectivity index (χ3v) is 3.41. The van der Waals surface area contributed by atoms with Gasteiger partial charge in [0, 0.05) is 12.6 Å². The first kappa shape index (κ1) is 17.5. The quantitative estimate of drug-likeness (QED) is 0.695. The van der Waals surface area contributed by atoms with Crippen LogP contribution < -0.4 is 9.47 Å². The van der Waals surface area contributed by atoms with Crippen LogP contribution >= 0.6 is 23.2 Å². The Balaban J connectivity index is 2.51. The summed E-state index contributed by atoms with van der Waals surface area (Å²) in [6, 6.07) is 2.30. The molecule has 0 spiro atoms. The van der Waals surface area contributed by atoms with Crippen molar-refractivity contribution in [1.82, 2.24) is 9.78 Å². The van der Waals surface area contributed by atoms with E-state index in [1.54, 1.807) is 0 Å². The Hall–Kier alpha value is -1.86. The summed E-state index contributed by atoms with van der Waals surface area (Å²) in [6.45, 7) is 0.561. The van der Waals surface area contributed by atoms with Crippen molar-refractivity contribution in [3.8, 4) is 22.9 Å². The lowest BCUT2D eigenvalue weighted by Crippen LogP contribution is -2.06. The summed E-state index contributed by atoms with van der Waals surface area (Å²) in [6.07, 6.45) is 1.49. The van der Waals surface area contributed by atoms with Gasteiger partial charge < -0.3 is 9.47 Å². The average molecular weight is 367 g/mol. The van der Waals surface area contributed by atoms with Crippen LogP contribution in [0.2, 0.25) is 10.0 Å². The molecule has 0 radical (unpaired) electrons. The average Bonchev–Trinajstić information content (AvgIpc) is 2.74. The Morgan fingerprint density at radius 3 is 2.70 bits per heavy atom. The van der Waals surface area contributed by atoms with Crippen LogP contribution in [0.25, 0.3) is 11.3 Å². The molecule has 0 amide bonds. The van der Waals surface area contributed by atoms with Gasteiger partial charge in [0.25, 0.3) is 0 Å². The van der Waals surface area contributed by atoms with E-state index in [1.807, 2.05) is 0 Å². The third kappa shape index (κ3) is 3.73. The molecule has 2 aromatic rings. The molecule has 0 N–H and O–H groups in total. The number of hydrogen-bond acceptors (Lipinski definition) is 3. The van der Waals surface area contributed by atoms with Crippen LogP contribution in [0.1, 0.15) is 0 Å². The van der Waals surface area contributed by atoms with Crippen LogP contribution in [0.4, 0.5) is 13.2 Å². The second-order valence-electron chi connectivity index (χ2n) is 4.33. The van der Waals surface area contributed by atoms with Crippen molar-refractivity contribution in [2.24, 2.45) is 7.05 Å². The Kier molecular flexibility index (Phi) is 5.43. The minimum absolute atomic E-state index is 0.0456. The zero-order chi connectivity index (χ0) is 17.1. The van der Waals surface area contributed by atoms with Gasteiger partial charge in [-0.15, -0.1) is 0 Å². The van der Waals surface area contributed by atoms with Gasteiger partial charge in [-0.25, -0.2) is 9.07 Å². The smallest absolute Gasteiger partial charge is 0.388 e. The number of hydrogen-bond donors (Lipinski definition) is 0. The molecule has 1 heterocycles. The molecular weight excluding hydrogens is 356 g/mol. The molecule has 0 saturated heterocycles. The normalized spacial score (nSPS) is 10.9. The molecule has 0 saturated carbocycles. The molecule has 0 fully saturated rings. The number of aromatic nitrogens is 2. The van der Waals surface area contributed by atoms with E-state index in [9.17, 15) is 13.2 Å².